The molecule has 0 unspecified atom stereocenters. The van der Waals surface area contributed by atoms with Gasteiger partial charge < -0.3 is 15.0 Å². The van der Waals surface area contributed by atoms with Crippen molar-refractivity contribution in [2.45, 2.75) is 13.1 Å². The number of phenolic OH excluding ortho intramolecular Hbond substituents is 1. The molecule has 0 atom stereocenters. The van der Waals surface area contributed by atoms with Crippen LogP contribution in [0.5, 0.6) is 5.75 Å². The first-order valence-electron chi connectivity index (χ1n) is 5.18. The van der Waals surface area contributed by atoms with E-state index in [1.807, 2.05) is 7.05 Å². The van der Waals surface area contributed by atoms with E-state index in [1.165, 1.54) is 6.07 Å². The van der Waals surface area contributed by atoms with Crippen molar-refractivity contribution >= 4 is 0 Å². The first-order valence-corrected chi connectivity index (χ1v) is 5.18. The molecule has 2 aromatic rings. The molecule has 17 heavy (non-hydrogen) atoms. The van der Waals surface area contributed by atoms with Gasteiger partial charge in [0.1, 0.15) is 12.2 Å². The lowest BCUT2D eigenvalue weighted by atomic mass is 10.2. The molecule has 0 radical (unpaired) electrons. The topological polar surface area (TPSA) is 63.0 Å². The second-order valence-corrected chi connectivity index (χ2v) is 3.71. The third-order valence-corrected chi connectivity index (χ3v) is 2.47. The minimum atomic E-state index is -0.608. The number of halogens is 1. The van der Waals surface area contributed by atoms with Gasteiger partial charge in [0, 0.05) is 19.2 Å². The predicted octanol–water partition coefficient (Wildman–Crippen LogP) is 0.950. The average molecular weight is 236 g/mol. The standard InChI is InChI=1S/C11H13FN4O/c1-16-7-14-15-10(16)6-13-5-8-3-2-4-9(12)11(8)17/h2-4,7,13,17H,5-6H2,1H3. The molecule has 90 valence electrons. The highest BCUT2D eigenvalue weighted by molar-refractivity contribution is 5.33. The third kappa shape index (κ3) is 2.59. The van der Waals surface area contributed by atoms with Crippen LogP contribution in [0, 0.1) is 5.82 Å². The maximum atomic E-state index is 13.0. The van der Waals surface area contributed by atoms with Gasteiger partial charge >= 0.3 is 0 Å². The van der Waals surface area contributed by atoms with Gasteiger partial charge in [-0.15, -0.1) is 10.2 Å². The van der Waals surface area contributed by atoms with Crippen LogP contribution >= 0.6 is 0 Å². The van der Waals surface area contributed by atoms with E-state index in [-0.39, 0.29) is 5.75 Å². The highest BCUT2D eigenvalue weighted by Gasteiger charge is 2.06. The van der Waals surface area contributed by atoms with Gasteiger partial charge in [0.15, 0.2) is 11.6 Å². The number of para-hydroxylation sites is 1. The molecular formula is C11H13FN4O. The molecule has 5 nitrogen and oxygen atoms in total. The molecule has 0 saturated carbocycles. The number of benzene rings is 1. The summed E-state index contributed by atoms with van der Waals surface area (Å²) in [5, 5.41) is 20.2. The molecule has 0 amide bonds. The average Bonchev–Trinajstić information content (AvgIpc) is 2.71. The van der Waals surface area contributed by atoms with E-state index in [9.17, 15) is 9.50 Å². The van der Waals surface area contributed by atoms with Crippen molar-refractivity contribution < 1.29 is 9.50 Å². The van der Waals surface area contributed by atoms with Crippen molar-refractivity contribution in [3.8, 4) is 5.75 Å². The van der Waals surface area contributed by atoms with E-state index in [1.54, 1.807) is 23.0 Å². The van der Waals surface area contributed by atoms with Crippen LogP contribution in [-0.2, 0) is 20.1 Å². The lowest BCUT2D eigenvalue weighted by Gasteiger charge is -2.06. The number of nitrogens with zero attached hydrogens (tertiary/aromatic N) is 3. The summed E-state index contributed by atoms with van der Waals surface area (Å²) in [6.07, 6.45) is 1.61. The van der Waals surface area contributed by atoms with Crippen molar-refractivity contribution in [1.82, 2.24) is 20.1 Å². The minimum absolute atomic E-state index is 0.307. The van der Waals surface area contributed by atoms with E-state index >= 15 is 0 Å². The van der Waals surface area contributed by atoms with E-state index in [0.29, 0.717) is 18.7 Å². The van der Waals surface area contributed by atoms with Gasteiger partial charge in [-0.3, -0.25) is 0 Å². The molecule has 6 heteroatoms. The van der Waals surface area contributed by atoms with Gasteiger partial charge in [-0.25, -0.2) is 4.39 Å². The van der Waals surface area contributed by atoms with Crippen LogP contribution < -0.4 is 5.32 Å². The summed E-state index contributed by atoms with van der Waals surface area (Å²) in [5.74, 6) is -0.137. The summed E-state index contributed by atoms with van der Waals surface area (Å²) in [6, 6.07) is 4.46. The highest BCUT2D eigenvalue weighted by Crippen LogP contribution is 2.20. The van der Waals surface area contributed by atoms with Gasteiger partial charge in [0.2, 0.25) is 0 Å². The Kier molecular flexibility index (Phi) is 3.34. The number of aromatic hydroxyl groups is 1. The number of aromatic nitrogens is 3. The fraction of sp³-hybridized carbons (Fsp3) is 0.273. The summed E-state index contributed by atoms with van der Waals surface area (Å²) in [5.41, 5.74) is 0.521. The van der Waals surface area contributed by atoms with Crippen molar-refractivity contribution in [3.63, 3.8) is 0 Å². The van der Waals surface area contributed by atoms with Gasteiger partial charge in [0.25, 0.3) is 0 Å². The maximum absolute atomic E-state index is 13.0. The Morgan fingerprint density at radius 2 is 2.24 bits per heavy atom. The number of hydrogen-bond donors (Lipinski definition) is 2. The molecule has 0 spiro atoms. The second-order valence-electron chi connectivity index (χ2n) is 3.71. The number of rotatable bonds is 4. The molecular weight excluding hydrogens is 223 g/mol. The summed E-state index contributed by atoms with van der Waals surface area (Å²) in [6.45, 7) is 0.878. The Balaban J connectivity index is 1.95. The Labute approximate surface area is 97.9 Å². The van der Waals surface area contributed by atoms with E-state index in [0.717, 1.165) is 5.82 Å². The number of phenols is 1. The number of hydrogen-bond acceptors (Lipinski definition) is 4. The molecule has 1 aromatic heterocycles. The highest BCUT2D eigenvalue weighted by atomic mass is 19.1. The Morgan fingerprint density at radius 3 is 2.94 bits per heavy atom. The zero-order chi connectivity index (χ0) is 12.3. The molecule has 0 aliphatic rings. The normalized spacial score (nSPS) is 10.7. The third-order valence-electron chi connectivity index (χ3n) is 2.47. The number of aryl methyl sites for hydroxylation is 1. The van der Waals surface area contributed by atoms with Crippen LogP contribution in [0.1, 0.15) is 11.4 Å². The molecule has 0 aliphatic carbocycles. The largest absolute Gasteiger partial charge is 0.505 e. The molecule has 0 saturated heterocycles. The van der Waals surface area contributed by atoms with Crippen LogP contribution in [0.15, 0.2) is 24.5 Å². The monoisotopic (exact) mass is 236 g/mol. The molecule has 2 N–H and O–H groups in total. The summed E-state index contributed by atoms with van der Waals surface area (Å²) in [4.78, 5) is 0. The van der Waals surface area contributed by atoms with Gasteiger partial charge in [-0.05, 0) is 6.07 Å². The zero-order valence-electron chi connectivity index (χ0n) is 9.39. The van der Waals surface area contributed by atoms with Crippen LogP contribution in [0.3, 0.4) is 0 Å². The van der Waals surface area contributed by atoms with Crippen LogP contribution in [0.25, 0.3) is 0 Å². The number of nitrogens with one attached hydrogen (secondary N) is 1. The Hall–Kier alpha value is -1.95. The fourth-order valence-electron chi connectivity index (χ4n) is 1.48. The van der Waals surface area contributed by atoms with E-state index < -0.39 is 5.82 Å². The zero-order valence-corrected chi connectivity index (χ0v) is 9.39. The summed E-state index contributed by atoms with van der Waals surface area (Å²) in [7, 11) is 1.84. The van der Waals surface area contributed by atoms with Crippen LogP contribution in [0.4, 0.5) is 4.39 Å². The van der Waals surface area contributed by atoms with Crippen LogP contribution in [-0.4, -0.2) is 19.9 Å². The second kappa shape index (κ2) is 4.92. The fourth-order valence-corrected chi connectivity index (χ4v) is 1.48. The Bertz CT molecular complexity index is 512. The molecule has 1 heterocycles. The molecule has 0 aliphatic heterocycles. The molecule has 2 rings (SSSR count). The smallest absolute Gasteiger partial charge is 0.165 e. The lowest BCUT2D eigenvalue weighted by molar-refractivity contribution is 0.422. The predicted molar refractivity (Wildman–Crippen MR) is 59.6 cm³/mol. The maximum Gasteiger partial charge on any atom is 0.165 e. The van der Waals surface area contributed by atoms with Crippen molar-refractivity contribution in [3.05, 3.63) is 41.7 Å². The minimum Gasteiger partial charge on any atom is -0.505 e. The lowest BCUT2D eigenvalue weighted by Crippen LogP contribution is -2.15. The SMILES string of the molecule is Cn1cnnc1CNCc1cccc(F)c1O. The molecule has 1 aromatic carbocycles. The van der Waals surface area contributed by atoms with E-state index in [2.05, 4.69) is 15.5 Å². The Morgan fingerprint density at radius 1 is 1.41 bits per heavy atom. The first-order chi connectivity index (χ1) is 8.18. The quantitative estimate of drug-likeness (QED) is 0.829. The van der Waals surface area contributed by atoms with Crippen molar-refractivity contribution in [2.75, 3.05) is 0 Å². The van der Waals surface area contributed by atoms with Gasteiger partial charge in [-0.2, -0.15) is 0 Å². The summed E-state index contributed by atoms with van der Waals surface area (Å²) < 4.78 is 14.8. The molecule has 0 fully saturated rings. The summed E-state index contributed by atoms with van der Waals surface area (Å²) >= 11 is 0. The van der Waals surface area contributed by atoms with Crippen molar-refractivity contribution in [1.29, 1.82) is 0 Å². The van der Waals surface area contributed by atoms with Crippen molar-refractivity contribution in [2.24, 2.45) is 7.05 Å². The van der Waals surface area contributed by atoms with Gasteiger partial charge in [-0.1, -0.05) is 12.1 Å². The van der Waals surface area contributed by atoms with Crippen LogP contribution in [0.2, 0.25) is 0 Å². The van der Waals surface area contributed by atoms with Gasteiger partial charge in [0.05, 0.1) is 6.54 Å². The van der Waals surface area contributed by atoms with E-state index in [4.69, 9.17) is 0 Å². The molecule has 0 bridgehead atoms. The first kappa shape index (κ1) is 11.5.